The number of fused-ring (bicyclic) bond motifs is 4. The van der Waals surface area contributed by atoms with Crippen LogP contribution >= 0.6 is 0 Å². The number of aliphatic hydroxyl groups excluding tert-OH is 1. The lowest BCUT2D eigenvalue weighted by Crippen LogP contribution is -2.67. The summed E-state index contributed by atoms with van der Waals surface area (Å²) < 4.78 is 5.70. The molecule has 0 radical (unpaired) electrons. The van der Waals surface area contributed by atoms with Gasteiger partial charge in [0.2, 0.25) is 0 Å². The normalized spacial score (nSPS) is 34.3. The summed E-state index contributed by atoms with van der Waals surface area (Å²) in [6, 6.07) is 8.50. The van der Waals surface area contributed by atoms with Crippen LogP contribution in [0.5, 0.6) is 0 Å². The fourth-order valence-corrected chi connectivity index (χ4v) is 6.40. The van der Waals surface area contributed by atoms with Gasteiger partial charge in [0, 0.05) is 42.3 Å². The summed E-state index contributed by atoms with van der Waals surface area (Å²) in [7, 11) is 0. The summed E-state index contributed by atoms with van der Waals surface area (Å²) in [6.45, 7) is 4.51. The van der Waals surface area contributed by atoms with E-state index < -0.39 is 5.41 Å². The Labute approximate surface area is 159 Å². The Bertz CT molecular complexity index is 876. The molecule has 6 rings (SSSR count). The number of para-hydroxylation sites is 1. The van der Waals surface area contributed by atoms with Gasteiger partial charge in [0.05, 0.1) is 6.61 Å². The summed E-state index contributed by atoms with van der Waals surface area (Å²) in [5, 5.41) is 10.9. The van der Waals surface area contributed by atoms with E-state index in [9.17, 15) is 9.90 Å². The highest BCUT2D eigenvalue weighted by atomic mass is 16.5. The van der Waals surface area contributed by atoms with Gasteiger partial charge in [-0.25, -0.2) is 0 Å². The maximum Gasteiger partial charge on any atom is 0.319 e. The monoisotopic (exact) mass is 368 g/mol. The van der Waals surface area contributed by atoms with Crippen LogP contribution < -0.4 is 0 Å². The van der Waals surface area contributed by atoms with E-state index in [4.69, 9.17) is 4.74 Å². The van der Waals surface area contributed by atoms with E-state index in [1.807, 2.05) is 13.0 Å². The largest absolute Gasteiger partial charge is 0.465 e. The van der Waals surface area contributed by atoms with Crippen molar-refractivity contribution in [2.45, 2.75) is 44.1 Å². The molecule has 0 amide bonds. The molecule has 5 nitrogen and oxygen atoms in total. The SMILES string of the molecule is CCOC(=O)[C@@]12C[C@H]3C[C@H](CCO)[C@@H]1N(CCc1c2[nH]c2ccccc12)C3. The number of hydrogen-bond acceptors (Lipinski definition) is 4. The quantitative estimate of drug-likeness (QED) is 0.815. The number of esters is 1. The molecule has 144 valence electrons. The number of carbonyl (C=O) groups is 1. The zero-order valence-corrected chi connectivity index (χ0v) is 15.9. The number of benzene rings is 1. The van der Waals surface area contributed by atoms with E-state index in [1.54, 1.807) is 0 Å². The minimum Gasteiger partial charge on any atom is -0.465 e. The Morgan fingerprint density at radius 1 is 1.41 bits per heavy atom. The van der Waals surface area contributed by atoms with Gasteiger partial charge < -0.3 is 14.8 Å². The van der Waals surface area contributed by atoms with Crippen molar-refractivity contribution in [2.24, 2.45) is 11.8 Å². The van der Waals surface area contributed by atoms with Crippen molar-refractivity contribution in [3.63, 3.8) is 0 Å². The molecule has 4 bridgehead atoms. The number of aromatic nitrogens is 1. The second-order valence-corrected chi connectivity index (χ2v) is 8.48. The van der Waals surface area contributed by atoms with Crippen LogP contribution in [-0.4, -0.2) is 53.3 Å². The third-order valence-electron chi connectivity index (χ3n) is 7.13. The van der Waals surface area contributed by atoms with Crippen molar-refractivity contribution in [3.8, 4) is 0 Å². The van der Waals surface area contributed by atoms with Crippen molar-refractivity contribution in [1.82, 2.24) is 9.88 Å². The van der Waals surface area contributed by atoms with Crippen LogP contribution in [0.1, 0.15) is 37.4 Å². The van der Waals surface area contributed by atoms with Gasteiger partial charge in [0.25, 0.3) is 0 Å². The lowest BCUT2D eigenvalue weighted by Gasteiger charge is -2.58. The van der Waals surface area contributed by atoms with Gasteiger partial charge >= 0.3 is 5.97 Å². The van der Waals surface area contributed by atoms with E-state index in [2.05, 4.69) is 28.1 Å². The van der Waals surface area contributed by atoms with Gasteiger partial charge in [-0.3, -0.25) is 9.69 Å². The highest BCUT2D eigenvalue weighted by Crippen LogP contribution is 2.55. The molecule has 2 N–H and O–H groups in total. The van der Waals surface area contributed by atoms with Crippen LogP contribution in [0.3, 0.4) is 0 Å². The standard InChI is InChI=1S/C22H28N2O3/c1-2-27-21(26)22-12-14-11-15(8-10-25)20(22)24(13-14)9-7-17-16-5-3-4-6-18(16)23-19(17)22/h3-6,14-15,20,23,25H,2,7-13H2,1H3/t14-,15+,20+,22-/m1/s1. The topological polar surface area (TPSA) is 65.6 Å². The molecule has 1 aromatic carbocycles. The van der Waals surface area contributed by atoms with Gasteiger partial charge in [0.15, 0.2) is 0 Å². The summed E-state index contributed by atoms with van der Waals surface area (Å²) in [4.78, 5) is 19.7. The van der Waals surface area contributed by atoms with Crippen LogP contribution in [0.2, 0.25) is 0 Å². The van der Waals surface area contributed by atoms with Crippen LogP contribution in [0, 0.1) is 11.8 Å². The summed E-state index contributed by atoms with van der Waals surface area (Å²) >= 11 is 0. The predicted octanol–water partition coefficient (Wildman–Crippen LogP) is 2.62. The number of nitrogens with zero attached hydrogens (tertiary/aromatic N) is 1. The summed E-state index contributed by atoms with van der Waals surface area (Å²) in [5.41, 5.74) is 2.85. The number of aromatic amines is 1. The van der Waals surface area contributed by atoms with Crippen molar-refractivity contribution in [3.05, 3.63) is 35.5 Å². The molecule has 1 saturated carbocycles. The fourth-order valence-electron chi connectivity index (χ4n) is 6.40. The average molecular weight is 368 g/mol. The third kappa shape index (κ3) is 2.34. The van der Waals surface area contributed by atoms with Gasteiger partial charge in [-0.1, -0.05) is 18.2 Å². The van der Waals surface area contributed by atoms with Gasteiger partial charge in [-0.2, -0.15) is 0 Å². The van der Waals surface area contributed by atoms with Crippen molar-refractivity contribution >= 4 is 16.9 Å². The maximum absolute atomic E-state index is 13.5. The van der Waals surface area contributed by atoms with Crippen LogP contribution in [0.15, 0.2) is 24.3 Å². The van der Waals surface area contributed by atoms with Gasteiger partial charge in [0.1, 0.15) is 5.41 Å². The van der Waals surface area contributed by atoms with Gasteiger partial charge in [-0.05, 0) is 56.1 Å². The minimum absolute atomic E-state index is 0.0814. The van der Waals surface area contributed by atoms with Crippen LogP contribution in [0.25, 0.3) is 10.9 Å². The molecule has 2 aromatic rings. The van der Waals surface area contributed by atoms with Crippen molar-refractivity contribution < 1.29 is 14.6 Å². The van der Waals surface area contributed by atoms with E-state index in [0.29, 0.717) is 18.4 Å². The van der Waals surface area contributed by atoms with E-state index >= 15 is 0 Å². The molecular weight excluding hydrogens is 340 g/mol. The molecular formula is C22H28N2O3. The van der Waals surface area contributed by atoms with E-state index in [-0.39, 0.29) is 18.6 Å². The van der Waals surface area contributed by atoms with Crippen LogP contribution in [0.4, 0.5) is 0 Å². The molecule has 4 aliphatic rings. The number of rotatable bonds is 4. The molecule has 1 aromatic heterocycles. The highest BCUT2D eigenvalue weighted by molar-refractivity contribution is 5.91. The predicted molar refractivity (Wildman–Crippen MR) is 104 cm³/mol. The average Bonchev–Trinajstić information content (AvgIpc) is 3.01. The smallest absolute Gasteiger partial charge is 0.319 e. The number of piperidine rings is 2. The molecule has 3 fully saturated rings. The number of nitrogens with one attached hydrogen (secondary N) is 1. The Hall–Kier alpha value is -1.85. The van der Waals surface area contributed by atoms with E-state index in [0.717, 1.165) is 50.0 Å². The Kier molecular flexibility index (Phi) is 4.06. The lowest BCUT2D eigenvalue weighted by atomic mass is 9.56. The maximum atomic E-state index is 13.5. The molecule has 0 spiro atoms. The second-order valence-electron chi connectivity index (χ2n) is 8.48. The number of aliphatic hydroxyl groups is 1. The molecule has 1 unspecified atom stereocenters. The first-order valence-electron chi connectivity index (χ1n) is 10.3. The number of ether oxygens (including phenoxy) is 1. The van der Waals surface area contributed by atoms with Crippen molar-refractivity contribution in [1.29, 1.82) is 0 Å². The lowest BCUT2D eigenvalue weighted by molar-refractivity contribution is -0.165. The molecule has 27 heavy (non-hydrogen) atoms. The molecule has 2 saturated heterocycles. The Morgan fingerprint density at radius 3 is 3.07 bits per heavy atom. The first-order valence-corrected chi connectivity index (χ1v) is 10.3. The zero-order valence-electron chi connectivity index (χ0n) is 15.9. The van der Waals surface area contributed by atoms with Crippen molar-refractivity contribution in [2.75, 3.05) is 26.3 Å². The number of H-pyrrole nitrogens is 1. The van der Waals surface area contributed by atoms with Crippen LogP contribution in [-0.2, 0) is 21.4 Å². The second kappa shape index (κ2) is 6.35. The fraction of sp³-hybridized carbons (Fsp3) is 0.591. The molecule has 1 aliphatic carbocycles. The first-order chi connectivity index (χ1) is 13.2. The Balaban J connectivity index is 1.75. The number of hydrogen-bond donors (Lipinski definition) is 2. The zero-order chi connectivity index (χ0) is 18.6. The summed E-state index contributed by atoms with van der Waals surface area (Å²) in [6.07, 6.45) is 3.68. The molecule has 3 aliphatic heterocycles. The highest BCUT2D eigenvalue weighted by Gasteiger charge is 2.62. The number of carbonyl (C=O) groups excluding carboxylic acids is 1. The Morgan fingerprint density at radius 2 is 2.26 bits per heavy atom. The molecule has 4 heterocycles. The molecule has 5 heteroatoms. The van der Waals surface area contributed by atoms with Gasteiger partial charge in [-0.15, -0.1) is 0 Å². The third-order valence-corrected chi connectivity index (χ3v) is 7.13. The van der Waals surface area contributed by atoms with E-state index in [1.165, 1.54) is 10.9 Å². The minimum atomic E-state index is -0.637. The molecule has 5 atom stereocenters. The first kappa shape index (κ1) is 17.3. The summed E-state index contributed by atoms with van der Waals surface area (Å²) in [5.74, 6) is 0.736.